The van der Waals surface area contributed by atoms with Crippen molar-refractivity contribution in [2.45, 2.75) is 19.8 Å². The summed E-state index contributed by atoms with van der Waals surface area (Å²) >= 11 is 0. The summed E-state index contributed by atoms with van der Waals surface area (Å²) in [7, 11) is 1.65. The first-order valence-corrected chi connectivity index (χ1v) is 10.1. The van der Waals surface area contributed by atoms with Gasteiger partial charge in [-0.05, 0) is 42.8 Å². The molecule has 1 aromatic heterocycles. The van der Waals surface area contributed by atoms with Crippen molar-refractivity contribution in [1.82, 2.24) is 15.2 Å². The number of anilines is 1. The predicted octanol–water partition coefficient (Wildman–Crippen LogP) is 2.58. The second-order valence-corrected chi connectivity index (χ2v) is 6.99. The highest BCUT2D eigenvalue weighted by molar-refractivity contribution is 5.96. The minimum Gasteiger partial charge on any atom is -0.497 e. The second-order valence-electron chi connectivity index (χ2n) is 6.99. The largest absolute Gasteiger partial charge is 0.497 e. The number of amides is 2. The molecule has 1 aliphatic heterocycles. The third-order valence-electron chi connectivity index (χ3n) is 5.02. The number of unbranched alkanes of at least 4 members (excludes halogenated alkanes) is 1. The first-order valence-electron chi connectivity index (χ1n) is 10.1. The fraction of sp³-hybridized carbons (Fsp3) is 0.409. The number of carbonyl (C=O) groups is 2. The number of methoxy groups -OCH3 is 1. The molecule has 3 rings (SSSR count). The van der Waals surface area contributed by atoms with Crippen molar-refractivity contribution in [1.29, 1.82) is 0 Å². The van der Waals surface area contributed by atoms with Gasteiger partial charge in [0.1, 0.15) is 17.1 Å². The molecule has 2 heterocycles. The molecule has 0 aliphatic carbocycles. The first kappa shape index (κ1) is 20.6. The Labute approximate surface area is 171 Å². The molecule has 1 fully saturated rings. The molecular formula is C22H28N4O3. The highest BCUT2D eigenvalue weighted by Crippen LogP contribution is 2.21. The van der Waals surface area contributed by atoms with E-state index in [2.05, 4.69) is 22.1 Å². The smallest absolute Gasteiger partial charge is 0.272 e. The Balaban J connectivity index is 1.58. The summed E-state index contributed by atoms with van der Waals surface area (Å²) in [6.45, 7) is 5.39. The number of benzene rings is 1. The van der Waals surface area contributed by atoms with E-state index < -0.39 is 0 Å². The van der Waals surface area contributed by atoms with E-state index in [1.54, 1.807) is 30.2 Å². The van der Waals surface area contributed by atoms with Gasteiger partial charge in [-0.1, -0.05) is 19.4 Å². The molecular weight excluding hydrogens is 368 g/mol. The third-order valence-corrected chi connectivity index (χ3v) is 5.02. The highest BCUT2D eigenvalue weighted by Gasteiger charge is 2.23. The van der Waals surface area contributed by atoms with Gasteiger partial charge in [0, 0.05) is 38.4 Å². The Hall–Kier alpha value is -3.09. The van der Waals surface area contributed by atoms with E-state index >= 15 is 0 Å². The van der Waals surface area contributed by atoms with Crippen molar-refractivity contribution in [3.05, 3.63) is 53.9 Å². The minimum absolute atomic E-state index is 0.136. The Morgan fingerprint density at radius 1 is 1.03 bits per heavy atom. The normalized spacial score (nSPS) is 13.9. The molecule has 2 amide bonds. The maximum atomic E-state index is 12.9. The van der Waals surface area contributed by atoms with Crippen molar-refractivity contribution in [3.63, 3.8) is 0 Å². The minimum atomic E-state index is -0.238. The number of hydrogen-bond donors (Lipinski definition) is 1. The number of rotatable bonds is 7. The van der Waals surface area contributed by atoms with Crippen LogP contribution in [0.2, 0.25) is 0 Å². The number of nitrogens with zero attached hydrogens (tertiary/aromatic N) is 3. The van der Waals surface area contributed by atoms with Crippen molar-refractivity contribution in [3.8, 4) is 5.75 Å². The van der Waals surface area contributed by atoms with Crippen LogP contribution in [0, 0.1) is 0 Å². The molecule has 1 aromatic carbocycles. The number of ether oxygens (including phenoxy) is 1. The monoisotopic (exact) mass is 396 g/mol. The molecule has 0 spiro atoms. The zero-order valence-electron chi connectivity index (χ0n) is 17.1. The van der Waals surface area contributed by atoms with Gasteiger partial charge >= 0.3 is 0 Å². The zero-order valence-corrected chi connectivity index (χ0v) is 17.1. The average Bonchev–Trinajstić information content (AvgIpc) is 2.79. The lowest BCUT2D eigenvalue weighted by Crippen LogP contribution is -2.49. The number of pyridine rings is 1. The van der Waals surface area contributed by atoms with Crippen LogP contribution in [0.4, 0.5) is 5.69 Å². The van der Waals surface area contributed by atoms with E-state index in [4.69, 9.17) is 4.74 Å². The topological polar surface area (TPSA) is 74.8 Å². The SMILES string of the molecule is CCCCNC(=O)c1cccc(C(=O)N2CCN(c3ccc(OC)cc3)CC2)n1. The van der Waals surface area contributed by atoms with Crippen LogP contribution in [0.1, 0.15) is 40.7 Å². The zero-order chi connectivity index (χ0) is 20.6. The van der Waals surface area contributed by atoms with Crippen molar-refractivity contribution in [2.75, 3.05) is 44.7 Å². The van der Waals surface area contributed by atoms with Crippen LogP contribution in [0.5, 0.6) is 5.75 Å². The molecule has 7 heteroatoms. The maximum Gasteiger partial charge on any atom is 0.272 e. The van der Waals surface area contributed by atoms with Crippen LogP contribution in [0.25, 0.3) is 0 Å². The van der Waals surface area contributed by atoms with Crippen molar-refractivity contribution >= 4 is 17.5 Å². The molecule has 0 unspecified atom stereocenters. The van der Waals surface area contributed by atoms with Gasteiger partial charge in [0.15, 0.2) is 0 Å². The summed E-state index contributed by atoms with van der Waals surface area (Å²) in [5, 5.41) is 2.84. The van der Waals surface area contributed by atoms with E-state index in [9.17, 15) is 9.59 Å². The lowest BCUT2D eigenvalue weighted by molar-refractivity contribution is 0.0740. The quantitative estimate of drug-likeness (QED) is 0.728. The molecule has 0 saturated carbocycles. The molecule has 154 valence electrons. The summed E-state index contributed by atoms with van der Waals surface area (Å²) in [5.41, 5.74) is 1.71. The number of nitrogens with one attached hydrogen (secondary N) is 1. The third kappa shape index (κ3) is 5.25. The molecule has 1 N–H and O–H groups in total. The summed E-state index contributed by atoms with van der Waals surface area (Å²) in [6, 6.07) is 12.9. The number of piperazine rings is 1. The summed E-state index contributed by atoms with van der Waals surface area (Å²) < 4.78 is 5.20. The number of hydrogen-bond acceptors (Lipinski definition) is 5. The standard InChI is InChI=1S/C22H28N4O3/c1-3-4-12-23-21(27)19-6-5-7-20(24-19)22(28)26-15-13-25(14-16-26)17-8-10-18(29-2)11-9-17/h5-11H,3-4,12-16H2,1-2H3,(H,23,27). The van der Waals surface area contributed by atoms with Crippen LogP contribution < -0.4 is 15.0 Å². The predicted molar refractivity (Wildman–Crippen MR) is 113 cm³/mol. The Bertz CT molecular complexity index is 830. The van der Waals surface area contributed by atoms with Gasteiger partial charge in [0.25, 0.3) is 11.8 Å². The van der Waals surface area contributed by atoms with E-state index in [-0.39, 0.29) is 17.5 Å². The first-order chi connectivity index (χ1) is 14.1. The maximum absolute atomic E-state index is 12.9. The molecule has 0 radical (unpaired) electrons. The Morgan fingerprint density at radius 2 is 1.72 bits per heavy atom. The lowest BCUT2D eigenvalue weighted by Gasteiger charge is -2.36. The van der Waals surface area contributed by atoms with Crippen molar-refractivity contribution in [2.24, 2.45) is 0 Å². The van der Waals surface area contributed by atoms with Crippen LogP contribution in [-0.2, 0) is 0 Å². The average molecular weight is 396 g/mol. The molecule has 29 heavy (non-hydrogen) atoms. The van der Waals surface area contributed by atoms with Gasteiger partial charge in [-0.15, -0.1) is 0 Å². The van der Waals surface area contributed by atoms with Crippen LogP contribution in [0.3, 0.4) is 0 Å². The molecule has 1 aliphatic rings. The number of carbonyl (C=O) groups excluding carboxylic acids is 2. The second kappa shape index (κ2) is 9.91. The van der Waals surface area contributed by atoms with Crippen molar-refractivity contribution < 1.29 is 14.3 Å². The lowest BCUT2D eigenvalue weighted by atomic mass is 10.2. The fourth-order valence-electron chi connectivity index (χ4n) is 3.27. The van der Waals surface area contributed by atoms with E-state index in [1.807, 2.05) is 24.3 Å². The van der Waals surface area contributed by atoms with Gasteiger partial charge in [-0.2, -0.15) is 0 Å². The van der Waals surface area contributed by atoms with Gasteiger partial charge < -0.3 is 19.9 Å². The summed E-state index contributed by atoms with van der Waals surface area (Å²) in [6.07, 6.45) is 1.93. The van der Waals surface area contributed by atoms with Crippen LogP contribution in [0.15, 0.2) is 42.5 Å². The summed E-state index contributed by atoms with van der Waals surface area (Å²) in [4.78, 5) is 33.4. The fourth-order valence-corrected chi connectivity index (χ4v) is 3.27. The molecule has 7 nitrogen and oxygen atoms in total. The van der Waals surface area contributed by atoms with Gasteiger partial charge in [-0.25, -0.2) is 4.98 Å². The Kier molecular flexibility index (Phi) is 7.05. The van der Waals surface area contributed by atoms with Gasteiger partial charge in [0.2, 0.25) is 0 Å². The van der Waals surface area contributed by atoms with E-state index in [1.165, 1.54) is 0 Å². The van der Waals surface area contributed by atoms with Gasteiger partial charge in [-0.3, -0.25) is 9.59 Å². The van der Waals surface area contributed by atoms with E-state index in [0.717, 1.165) is 37.4 Å². The molecule has 0 atom stereocenters. The summed E-state index contributed by atoms with van der Waals surface area (Å²) in [5.74, 6) is 0.451. The molecule has 0 bridgehead atoms. The number of aromatic nitrogens is 1. The van der Waals surface area contributed by atoms with Gasteiger partial charge in [0.05, 0.1) is 7.11 Å². The molecule has 1 saturated heterocycles. The van der Waals surface area contributed by atoms with Crippen LogP contribution >= 0.6 is 0 Å². The Morgan fingerprint density at radius 3 is 2.38 bits per heavy atom. The highest BCUT2D eigenvalue weighted by atomic mass is 16.5. The molecule has 2 aromatic rings. The van der Waals surface area contributed by atoms with Crippen LogP contribution in [-0.4, -0.2) is 61.5 Å². The van der Waals surface area contributed by atoms with E-state index in [0.29, 0.717) is 25.3 Å².